The number of nitrogens with zero attached hydrogens (tertiary/aromatic N) is 2. The first-order valence-corrected chi connectivity index (χ1v) is 8.42. The largest absolute Gasteiger partial charge is 0.493 e. The Morgan fingerprint density at radius 1 is 1.25 bits per heavy atom. The maximum absolute atomic E-state index is 5.79. The van der Waals surface area contributed by atoms with Crippen LogP contribution >= 0.6 is 11.6 Å². The number of pyridine rings is 1. The maximum Gasteiger partial charge on any atom is 0.191 e. The van der Waals surface area contributed by atoms with Crippen LogP contribution in [0, 0.1) is 0 Å². The monoisotopic (exact) mass is 344 g/mol. The molecule has 1 aliphatic heterocycles. The minimum atomic E-state index is 0.501. The lowest BCUT2D eigenvalue weighted by atomic mass is 10.1. The summed E-state index contributed by atoms with van der Waals surface area (Å²) in [5.41, 5.74) is 3.68. The summed E-state index contributed by atoms with van der Waals surface area (Å²) in [5.74, 6) is 1.80. The standard InChI is InChI=1S/C18H21ClN4O/c1-20-18(23-12-14-3-5-17(19)22-11-14)21-8-6-13-2-4-16-15(10-13)7-9-24-16/h2-5,10-11H,6-9,12H2,1H3,(H2,20,21,23). The molecule has 5 nitrogen and oxygen atoms in total. The van der Waals surface area contributed by atoms with Crippen LogP contribution in [0.25, 0.3) is 0 Å². The Labute approximate surface area is 147 Å². The fourth-order valence-corrected chi connectivity index (χ4v) is 2.75. The van der Waals surface area contributed by atoms with Crippen LogP contribution < -0.4 is 15.4 Å². The first kappa shape index (κ1) is 16.6. The van der Waals surface area contributed by atoms with Crippen molar-refractivity contribution in [3.8, 4) is 5.75 Å². The Morgan fingerprint density at radius 2 is 2.12 bits per heavy atom. The number of guanidine groups is 1. The van der Waals surface area contributed by atoms with Gasteiger partial charge in [0.05, 0.1) is 6.61 Å². The van der Waals surface area contributed by atoms with E-state index in [4.69, 9.17) is 16.3 Å². The van der Waals surface area contributed by atoms with Crippen LogP contribution in [0.5, 0.6) is 5.75 Å². The zero-order valence-corrected chi connectivity index (χ0v) is 14.4. The fourth-order valence-electron chi connectivity index (χ4n) is 2.64. The molecule has 0 unspecified atom stereocenters. The molecule has 2 heterocycles. The average Bonchev–Trinajstić information content (AvgIpc) is 3.07. The van der Waals surface area contributed by atoms with Gasteiger partial charge in [0, 0.05) is 32.8 Å². The molecule has 24 heavy (non-hydrogen) atoms. The molecule has 3 rings (SSSR count). The van der Waals surface area contributed by atoms with Gasteiger partial charge in [-0.1, -0.05) is 29.8 Å². The predicted octanol–water partition coefficient (Wildman–Crippen LogP) is 2.58. The van der Waals surface area contributed by atoms with Crippen molar-refractivity contribution in [2.75, 3.05) is 20.2 Å². The highest BCUT2D eigenvalue weighted by Gasteiger charge is 2.11. The van der Waals surface area contributed by atoms with E-state index in [9.17, 15) is 0 Å². The van der Waals surface area contributed by atoms with Crippen LogP contribution in [-0.2, 0) is 19.4 Å². The third-order valence-corrected chi connectivity index (χ3v) is 4.16. The molecule has 2 aromatic rings. The third-order valence-electron chi connectivity index (χ3n) is 3.93. The van der Waals surface area contributed by atoms with Gasteiger partial charge in [-0.2, -0.15) is 0 Å². The Morgan fingerprint density at radius 3 is 2.92 bits per heavy atom. The third kappa shape index (κ3) is 4.38. The quantitative estimate of drug-likeness (QED) is 0.497. The molecule has 0 saturated carbocycles. The lowest BCUT2D eigenvalue weighted by molar-refractivity contribution is 0.357. The van der Waals surface area contributed by atoms with E-state index in [0.717, 1.165) is 43.3 Å². The number of ether oxygens (including phenoxy) is 1. The highest BCUT2D eigenvalue weighted by Crippen LogP contribution is 2.25. The Balaban J connectivity index is 1.45. The Hall–Kier alpha value is -2.27. The molecule has 1 aromatic carbocycles. The zero-order valence-electron chi connectivity index (χ0n) is 13.7. The Bertz CT molecular complexity index is 715. The van der Waals surface area contributed by atoms with Crippen LogP contribution in [0.4, 0.5) is 0 Å². The second-order valence-corrected chi connectivity index (χ2v) is 6.02. The van der Waals surface area contributed by atoms with E-state index in [-0.39, 0.29) is 0 Å². The number of nitrogens with one attached hydrogen (secondary N) is 2. The highest BCUT2D eigenvalue weighted by molar-refractivity contribution is 6.29. The van der Waals surface area contributed by atoms with Crippen molar-refractivity contribution in [1.29, 1.82) is 0 Å². The summed E-state index contributed by atoms with van der Waals surface area (Å²) in [6.07, 6.45) is 3.71. The average molecular weight is 345 g/mol. The number of hydrogen-bond donors (Lipinski definition) is 2. The van der Waals surface area contributed by atoms with Gasteiger partial charge in [-0.15, -0.1) is 0 Å². The van der Waals surface area contributed by atoms with Gasteiger partial charge >= 0.3 is 0 Å². The van der Waals surface area contributed by atoms with Crippen LogP contribution in [0.1, 0.15) is 16.7 Å². The molecule has 0 aliphatic carbocycles. The second-order valence-electron chi connectivity index (χ2n) is 5.63. The van der Waals surface area contributed by atoms with Crippen molar-refractivity contribution in [2.45, 2.75) is 19.4 Å². The lowest BCUT2D eigenvalue weighted by Crippen LogP contribution is -2.37. The van der Waals surface area contributed by atoms with Gasteiger partial charge in [-0.25, -0.2) is 4.98 Å². The molecular weight excluding hydrogens is 324 g/mol. The number of aromatic nitrogens is 1. The van der Waals surface area contributed by atoms with E-state index in [2.05, 4.69) is 38.8 Å². The molecule has 0 fully saturated rings. The summed E-state index contributed by atoms with van der Waals surface area (Å²) in [5, 5.41) is 7.10. The van der Waals surface area contributed by atoms with E-state index < -0.39 is 0 Å². The maximum atomic E-state index is 5.79. The number of hydrogen-bond acceptors (Lipinski definition) is 3. The van der Waals surface area contributed by atoms with Crippen molar-refractivity contribution in [3.63, 3.8) is 0 Å². The molecule has 1 aliphatic rings. The molecule has 2 N–H and O–H groups in total. The van der Waals surface area contributed by atoms with E-state index in [0.29, 0.717) is 11.7 Å². The summed E-state index contributed by atoms with van der Waals surface area (Å²) in [6.45, 7) is 2.27. The molecule has 0 radical (unpaired) electrons. The van der Waals surface area contributed by atoms with Gasteiger partial charge < -0.3 is 15.4 Å². The van der Waals surface area contributed by atoms with Crippen LogP contribution in [0.3, 0.4) is 0 Å². The van der Waals surface area contributed by atoms with Crippen LogP contribution in [0.2, 0.25) is 5.15 Å². The van der Waals surface area contributed by atoms with Gasteiger partial charge in [0.2, 0.25) is 0 Å². The molecule has 126 valence electrons. The van der Waals surface area contributed by atoms with Gasteiger partial charge in [-0.3, -0.25) is 4.99 Å². The molecule has 0 atom stereocenters. The first-order valence-electron chi connectivity index (χ1n) is 8.04. The van der Waals surface area contributed by atoms with Crippen LogP contribution in [0.15, 0.2) is 41.5 Å². The molecule has 0 saturated heterocycles. The summed E-state index contributed by atoms with van der Waals surface area (Å²) < 4.78 is 5.54. The fraction of sp³-hybridized carbons (Fsp3) is 0.333. The first-order chi connectivity index (χ1) is 11.7. The number of fused-ring (bicyclic) bond motifs is 1. The van der Waals surface area contributed by atoms with Crippen molar-refractivity contribution in [1.82, 2.24) is 15.6 Å². The summed E-state index contributed by atoms with van der Waals surface area (Å²) >= 11 is 5.79. The van der Waals surface area contributed by atoms with E-state index in [1.807, 2.05) is 6.07 Å². The summed E-state index contributed by atoms with van der Waals surface area (Å²) in [6, 6.07) is 10.2. The highest BCUT2D eigenvalue weighted by atomic mass is 35.5. The number of benzene rings is 1. The smallest absolute Gasteiger partial charge is 0.191 e. The normalized spacial score (nSPS) is 13.3. The number of halogens is 1. The molecule has 6 heteroatoms. The molecule has 0 spiro atoms. The minimum absolute atomic E-state index is 0.501. The van der Waals surface area contributed by atoms with Crippen molar-refractivity contribution >= 4 is 17.6 Å². The van der Waals surface area contributed by atoms with Crippen LogP contribution in [-0.4, -0.2) is 31.1 Å². The number of aliphatic imine (C=N–C) groups is 1. The SMILES string of the molecule is CN=C(NCCc1ccc2c(c1)CCO2)NCc1ccc(Cl)nc1. The van der Waals surface area contributed by atoms with Gasteiger partial charge in [0.15, 0.2) is 5.96 Å². The molecule has 0 bridgehead atoms. The van der Waals surface area contributed by atoms with Gasteiger partial charge in [0.25, 0.3) is 0 Å². The molecule has 0 amide bonds. The predicted molar refractivity (Wildman–Crippen MR) is 96.8 cm³/mol. The Kier molecular flexibility index (Phi) is 5.54. The van der Waals surface area contributed by atoms with Gasteiger partial charge in [-0.05, 0) is 35.2 Å². The van der Waals surface area contributed by atoms with E-state index in [1.54, 1.807) is 19.3 Å². The summed E-state index contributed by atoms with van der Waals surface area (Å²) in [7, 11) is 1.77. The van der Waals surface area contributed by atoms with Crippen molar-refractivity contribution in [2.24, 2.45) is 4.99 Å². The lowest BCUT2D eigenvalue weighted by Gasteiger charge is -2.12. The van der Waals surface area contributed by atoms with Crippen molar-refractivity contribution < 1.29 is 4.74 Å². The van der Waals surface area contributed by atoms with Crippen molar-refractivity contribution in [3.05, 3.63) is 58.4 Å². The number of rotatable bonds is 5. The van der Waals surface area contributed by atoms with E-state index >= 15 is 0 Å². The summed E-state index contributed by atoms with van der Waals surface area (Å²) in [4.78, 5) is 8.31. The molecule has 1 aromatic heterocycles. The topological polar surface area (TPSA) is 58.5 Å². The second kappa shape index (κ2) is 8.02. The molecular formula is C18H21ClN4O. The van der Waals surface area contributed by atoms with E-state index in [1.165, 1.54) is 11.1 Å². The zero-order chi connectivity index (χ0) is 16.8. The van der Waals surface area contributed by atoms with Gasteiger partial charge in [0.1, 0.15) is 10.9 Å². The minimum Gasteiger partial charge on any atom is -0.493 e.